The van der Waals surface area contributed by atoms with Gasteiger partial charge in [0.15, 0.2) is 0 Å². The van der Waals surface area contributed by atoms with E-state index in [2.05, 4.69) is 45.1 Å². The molecule has 0 aliphatic heterocycles. The molecule has 94 valence electrons. The first-order chi connectivity index (χ1) is 9.36. The molecule has 4 nitrogen and oxygen atoms in total. The van der Waals surface area contributed by atoms with E-state index in [-0.39, 0.29) is 0 Å². The van der Waals surface area contributed by atoms with Gasteiger partial charge < -0.3 is 10.4 Å². The lowest BCUT2D eigenvalue weighted by Crippen LogP contribution is -1.98. The van der Waals surface area contributed by atoms with Gasteiger partial charge in [0.05, 0.1) is 6.21 Å². The zero-order valence-corrected chi connectivity index (χ0v) is 10.4. The minimum atomic E-state index is 0.821. The molecule has 19 heavy (non-hydrogen) atoms. The Morgan fingerprint density at radius 2 is 2.21 bits per heavy atom. The van der Waals surface area contributed by atoms with Crippen LogP contribution in [-0.4, -0.2) is 15.8 Å². The lowest BCUT2D eigenvalue weighted by molar-refractivity contribution is 0.831. The van der Waals surface area contributed by atoms with Gasteiger partial charge in [0.1, 0.15) is 0 Å². The van der Waals surface area contributed by atoms with E-state index in [1.807, 2.05) is 18.3 Å². The van der Waals surface area contributed by atoms with Crippen molar-refractivity contribution < 1.29 is 0 Å². The molecule has 1 aromatic carbocycles. The molecule has 0 aliphatic carbocycles. The predicted molar refractivity (Wildman–Crippen MR) is 77.1 cm³/mol. The quantitative estimate of drug-likeness (QED) is 0.441. The molecular formula is C15H14N4. The van der Waals surface area contributed by atoms with Crippen LogP contribution in [0.5, 0.6) is 0 Å². The number of rotatable bonds is 3. The maximum atomic E-state index is 5.17. The monoisotopic (exact) mass is 250 g/mol. The topological polar surface area (TPSA) is 56.2 Å². The molecule has 0 aliphatic rings. The molecule has 0 saturated heterocycles. The smallest absolute Gasteiger partial charge is 0.0538 e. The summed E-state index contributed by atoms with van der Waals surface area (Å²) in [6, 6.07) is 12.3. The lowest BCUT2D eigenvalue weighted by Gasteiger charge is -2.05. The molecule has 0 bridgehead atoms. The van der Waals surface area contributed by atoms with Gasteiger partial charge in [-0.2, -0.15) is 5.10 Å². The van der Waals surface area contributed by atoms with Crippen LogP contribution in [0.25, 0.3) is 10.9 Å². The third kappa shape index (κ3) is 2.33. The SMILES string of the molecule is NN=Cc1ccc2c(ccn2Cc2cccnc2)c1. The molecule has 0 atom stereocenters. The number of fused-ring (bicyclic) bond motifs is 1. The highest BCUT2D eigenvalue weighted by molar-refractivity contribution is 5.89. The molecule has 4 heteroatoms. The number of nitrogens with zero attached hydrogens (tertiary/aromatic N) is 3. The Labute approximate surface area is 111 Å². The Kier molecular flexibility index (Phi) is 2.98. The maximum absolute atomic E-state index is 5.17. The Morgan fingerprint density at radius 3 is 3.00 bits per heavy atom. The number of hydrogen-bond donors (Lipinski definition) is 1. The van der Waals surface area contributed by atoms with Crippen molar-refractivity contribution in [2.75, 3.05) is 0 Å². The van der Waals surface area contributed by atoms with E-state index in [1.54, 1.807) is 12.4 Å². The average molecular weight is 250 g/mol. The third-order valence-electron chi connectivity index (χ3n) is 3.09. The van der Waals surface area contributed by atoms with Crippen molar-refractivity contribution in [1.82, 2.24) is 9.55 Å². The zero-order valence-electron chi connectivity index (χ0n) is 10.4. The van der Waals surface area contributed by atoms with Crippen molar-refractivity contribution in [2.45, 2.75) is 6.54 Å². The van der Waals surface area contributed by atoms with Gasteiger partial charge in [-0.1, -0.05) is 12.1 Å². The van der Waals surface area contributed by atoms with E-state index in [4.69, 9.17) is 5.84 Å². The number of nitrogens with two attached hydrogens (primary N) is 1. The molecule has 2 N–H and O–H groups in total. The van der Waals surface area contributed by atoms with Gasteiger partial charge in [-0.25, -0.2) is 0 Å². The van der Waals surface area contributed by atoms with Crippen molar-refractivity contribution in [1.29, 1.82) is 0 Å². The van der Waals surface area contributed by atoms with Gasteiger partial charge in [0.2, 0.25) is 0 Å². The van der Waals surface area contributed by atoms with Crippen molar-refractivity contribution >= 4 is 17.1 Å². The predicted octanol–water partition coefficient (Wildman–Crippen LogP) is 2.38. The zero-order chi connectivity index (χ0) is 13.1. The van der Waals surface area contributed by atoms with Gasteiger partial charge in [0.25, 0.3) is 0 Å². The van der Waals surface area contributed by atoms with Crippen molar-refractivity contribution in [3.63, 3.8) is 0 Å². The van der Waals surface area contributed by atoms with Crippen LogP contribution >= 0.6 is 0 Å². The summed E-state index contributed by atoms with van der Waals surface area (Å²) in [4.78, 5) is 4.14. The Balaban J connectivity index is 1.97. The normalized spacial score (nSPS) is 11.4. The summed E-state index contributed by atoms with van der Waals surface area (Å²) >= 11 is 0. The number of benzene rings is 1. The summed E-state index contributed by atoms with van der Waals surface area (Å²) in [6.07, 6.45) is 7.41. The summed E-state index contributed by atoms with van der Waals surface area (Å²) in [5.74, 6) is 5.17. The minimum Gasteiger partial charge on any atom is -0.343 e. The fourth-order valence-electron chi connectivity index (χ4n) is 2.21. The summed E-state index contributed by atoms with van der Waals surface area (Å²) in [7, 11) is 0. The van der Waals surface area contributed by atoms with E-state index in [9.17, 15) is 0 Å². The molecule has 0 saturated carbocycles. The van der Waals surface area contributed by atoms with Crippen molar-refractivity contribution in [2.24, 2.45) is 10.9 Å². The number of aromatic nitrogens is 2. The van der Waals surface area contributed by atoms with Gasteiger partial charge in [-0.3, -0.25) is 4.98 Å². The first kappa shape index (κ1) is 11.5. The van der Waals surface area contributed by atoms with Crippen LogP contribution in [0.1, 0.15) is 11.1 Å². The van der Waals surface area contributed by atoms with Crippen molar-refractivity contribution in [3.05, 3.63) is 66.1 Å². The largest absolute Gasteiger partial charge is 0.343 e. The summed E-state index contributed by atoms with van der Waals surface area (Å²) in [6.45, 7) is 0.821. The van der Waals surface area contributed by atoms with Gasteiger partial charge in [-0.15, -0.1) is 0 Å². The Hall–Kier alpha value is -2.62. The molecule has 2 aromatic heterocycles. The number of pyridine rings is 1. The van der Waals surface area contributed by atoms with Crippen molar-refractivity contribution in [3.8, 4) is 0 Å². The highest BCUT2D eigenvalue weighted by Gasteiger charge is 2.02. The molecule has 3 rings (SSSR count). The van der Waals surface area contributed by atoms with Crippen LogP contribution in [0, 0.1) is 0 Å². The third-order valence-corrected chi connectivity index (χ3v) is 3.09. The molecule has 0 unspecified atom stereocenters. The van der Waals surface area contributed by atoms with E-state index in [0.717, 1.165) is 12.1 Å². The molecule has 0 amide bonds. The lowest BCUT2D eigenvalue weighted by atomic mass is 10.2. The molecule has 0 fully saturated rings. The molecule has 0 spiro atoms. The standard InChI is InChI=1S/C15H14N4/c16-18-10-12-3-4-15-14(8-12)5-7-19(15)11-13-2-1-6-17-9-13/h1-10H,11,16H2. The maximum Gasteiger partial charge on any atom is 0.0538 e. The van der Waals surface area contributed by atoms with E-state index >= 15 is 0 Å². The second-order valence-corrected chi connectivity index (χ2v) is 4.40. The average Bonchev–Trinajstić information content (AvgIpc) is 2.83. The minimum absolute atomic E-state index is 0.821. The van der Waals surface area contributed by atoms with Crippen LogP contribution in [-0.2, 0) is 6.54 Å². The molecule has 0 radical (unpaired) electrons. The Morgan fingerprint density at radius 1 is 1.26 bits per heavy atom. The van der Waals surface area contributed by atoms with Gasteiger partial charge in [0, 0.05) is 36.0 Å². The van der Waals surface area contributed by atoms with Crippen LogP contribution in [0.3, 0.4) is 0 Å². The van der Waals surface area contributed by atoms with Crippen LogP contribution in [0.2, 0.25) is 0 Å². The van der Waals surface area contributed by atoms with Crippen LogP contribution < -0.4 is 5.84 Å². The van der Waals surface area contributed by atoms with E-state index in [0.29, 0.717) is 0 Å². The highest BCUT2D eigenvalue weighted by Crippen LogP contribution is 2.18. The van der Waals surface area contributed by atoms with Crippen LogP contribution in [0.15, 0.2) is 60.1 Å². The van der Waals surface area contributed by atoms with Gasteiger partial charge in [-0.05, 0) is 35.4 Å². The molecular weight excluding hydrogens is 236 g/mol. The fraction of sp³-hybridized carbons (Fsp3) is 0.0667. The molecule has 2 heterocycles. The second-order valence-electron chi connectivity index (χ2n) is 4.40. The highest BCUT2D eigenvalue weighted by atomic mass is 15.1. The molecule has 3 aromatic rings. The second kappa shape index (κ2) is 4.94. The fourth-order valence-corrected chi connectivity index (χ4v) is 2.21. The summed E-state index contributed by atoms with van der Waals surface area (Å²) in [5.41, 5.74) is 3.39. The number of hydrogen-bond acceptors (Lipinski definition) is 3. The number of hydrazone groups is 1. The van der Waals surface area contributed by atoms with Crippen LogP contribution in [0.4, 0.5) is 0 Å². The van der Waals surface area contributed by atoms with E-state index < -0.39 is 0 Å². The summed E-state index contributed by atoms with van der Waals surface area (Å²) in [5, 5.41) is 4.73. The Bertz CT molecular complexity index is 713. The van der Waals surface area contributed by atoms with Gasteiger partial charge >= 0.3 is 0 Å². The van der Waals surface area contributed by atoms with E-state index in [1.165, 1.54) is 16.5 Å². The summed E-state index contributed by atoms with van der Waals surface area (Å²) < 4.78 is 2.20. The first-order valence-corrected chi connectivity index (χ1v) is 6.08. The first-order valence-electron chi connectivity index (χ1n) is 6.08.